The van der Waals surface area contributed by atoms with Crippen LogP contribution in [0.25, 0.3) is 0 Å². The van der Waals surface area contributed by atoms with Gasteiger partial charge in [-0.2, -0.15) is 0 Å². The van der Waals surface area contributed by atoms with Gasteiger partial charge in [0.05, 0.1) is 0 Å². The van der Waals surface area contributed by atoms with Crippen molar-refractivity contribution >= 4 is 17.0 Å². The third kappa shape index (κ3) is 2.98. The van der Waals surface area contributed by atoms with Gasteiger partial charge >= 0.3 is 0 Å². The summed E-state index contributed by atoms with van der Waals surface area (Å²) in [5.41, 5.74) is 0. The van der Waals surface area contributed by atoms with Gasteiger partial charge in [-0.1, -0.05) is 31.5 Å². The number of carbonyl (C=O) groups excluding carboxylic acids is 1. The molecule has 17 heavy (non-hydrogen) atoms. The van der Waals surface area contributed by atoms with Crippen molar-refractivity contribution in [3.63, 3.8) is 0 Å². The molecule has 1 saturated carbocycles. The van der Waals surface area contributed by atoms with Crippen LogP contribution in [-0.2, 0) is 0 Å². The number of thioether (sulfide) groups is 1. The summed E-state index contributed by atoms with van der Waals surface area (Å²) in [6.45, 7) is 4.37. The number of rotatable bonds is 2. The van der Waals surface area contributed by atoms with E-state index in [0.717, 1.165) is 18.1 Å². The maximum atomic E-state index is 12.3. The Labute approximate surface area is 110 Å². The lowest BCUT2D eigenvalue weighted by Gasteiger charge is -2.47. The molecule has 1 aliphatic carbocycles. The second-order valence-corrected chi connectivity index (χ2v) is 6.61. The maximum absolute atomic E-state index is 12.3. The van der Waals surface area contributed by atoms with Crippen LogP contribution in [0.3, 0.4) is 0 Å². The number of nitrogens with zero attached hydrogens (tertiary/aromatic N) is 1. The van der Waals surface area contributed by atoms with E-state index < -0.39 is 0 Å². The molecule has 3 unspecified atom stereocenters. The lowest BCUT2D eigenvalue weighted by molar-refractivity contribution is 0.0624. The largest absolute Gasteiger partial charge is 0.328 e. The first-order chi connectivity index (χ1) is 8.24. The van der Waals surface area contributed by atoms with Crippen LogP contribution in [0.1, 0.15) is 58.8 Å². The highest BCUT2D eigenvalue weighted by molar-refractivity contribution is 8.13. The summed E-state index contributed by atoms with van der Waals surface area (Å²) >= 11 is 1.53. The minimum absolute atomic E-state index is 0.343. The van der Waals surface area contributed by atoms with Crippen molar-refractivity contribution in [3.8, 4) is 0 Å². The Kier molecular flexibility index (Phi) is 4.78. The molecule has 0 aromatic carbocycles. The van der Waals surface area contributed by atoms with Crippen molar-refractivity contribution in [3.05, 3.63) is 0 Å². The first-order valence-electron chi connectivity index (χ1n) is 7.19. The van der Waals surface area contributed by atoms with Crippen molar-refractivity contribution in [2.24, 2.45) is 5.92 Å². The second kappa shape index (κ2) is 6.12. The van der Waals surface area contributed by atoms with Gasteiger partial charge in [0, 0.05) is 17.8 Å². The van der Waals surface area contributed by atoms with E-state index in [1.165, 1.54) is 50.3 Å². The summed E-state index contributed by atoms with van der Waals surface area (Å²) in [5.74, 6) is 1.77. The Morgan fingerprint density at radius 1 is 1.24 bits per heavy atom. The first kappa shape index (κ1) is 13.3. The Morgan fingerprint density at radius 2 is 2.00 bits per heavy atom. The predicted molar refractivity (Wildman–Crippen MR) is 74.4 cm³/mol. The SMILES string of the molecule is CCCSC(=O)N1C(C)CCC2CCCCC21. The zero-order valence-electron chi connectivity index (χ0n) is 11.2. The molecular formula is C14H25NOS. The highest BCUT2D eigenvalue weighted by Gasteiger charge is 2.39. The third-order valence-corrected chi connectivity index (χ3v) is 5.37. The fraction of sp³-hybridized carbons (Fsp3) is 0.929. The van der Waals surface area contributed by atoms with Crippen LogP contribution in [0.2, 0.25) is 0 Å². The van der Waals surface area contributed by atoms with Crippen LogP contribution in [0, 0.1) is 5.92 Å². The monoisotopic (exact) mass is 255 g/mol. The van der Waals surface area contributed by atoms with Crippen molar-refractivity contribution in [2.45, 2.75) is 70.9 Å². The van der Waals surface area contributed by atoms with Crippen LogP contribution < -0.4 is 0 Å². The second-order valence-electron chi connectivity index (χ2n) is 5.56. The first-order valence-corrected chi connectivity index (χ1v) is 8.17. The van der Waals surface area contributed by atoms with Gasteiger partial charge in [-0.15, -0.1) is 0 Å². The smallest absolute Gasteiger partial charge is 0.282 e. The van der Waals surface area contributed by atoms with Crippen LogP contribution in [-0.4, -0.2) is 28.0 Å². The van der Waals surface area contributed by atoms with Gasteiger partial charge in [0.2, 0.25) is 0 Å². The van der Waals surface area contributed by atoms with Gasteiger partial charge in [-0.05, 0) is 44.9 Å². The fourth-order valence-electron chi connectivity index (χ4n) is 3.39. The molecule has 1 heterocycles. The molecule has 0 spiro atoms. The van der Waals surface area contributed by atoms with Crippen molar-refractivity contribution in [1.82, 2.24) is 4.90 Å². The molecule has 0 bridgehead atoms. The molecule has 3 heteroatoms. The molecule has 1 aliphatic heterocycles. The topological polar surface area (TPSA) is 20.3 Å². The number of amides is 1. The van der Waals surface area contributed by atoms with E-state index in [9.17, 15) is 4.79 Å². The van der Waals surface area contributed by atoms with E-state index in [1.807, 2.05) is 0 Å². The molecule has 0 N–H and O–H groups in total. The van der Waals surface area contributed by atoms with Crippen molar-refractivity contribution in [2.75, 3.05) is 5.75 Å². The van der Waals surface area contributed by atoms with Crippen LogP contribution in [0.4, 0.5) is 4.79 Å². The molecule has 0 aromatic heterocycles. The molecule has 2 aliphatic rings. The maximum Gasteiger partial charge on any atom is 0.282 e. The van der Waals surface area contributed by atoms with Gasteiger partial charge in [-0.25, -0.2) is 0 Å². The van der Waals surface area contributed by atoms with Gasteiger partial charge in [-0.3, -0.25) is 4.79 Å². The molecular weight excluding hydrogens is 230 g/mol. The highest BCUT2D eigenvalue weighted by Crippen LogP contribution is 2.39. The number of carbonyl (C=O) groups is 1. The molecule has 1 amide bonds. The van der Waals surface area contributed by atoms with E-state index in [2.05, 4.69) is 18.7 Å². The van der Waals surface area contributed by atoms with Crippen molar-refractivity contribution < 1.29 is 4.79 Å². The Bertz CT molecular complexity index is 269. The lowest BCUT2D eigenvalue weighted by Crippen LogP contribution is -2.52. The molecule has 1 saturated heterocycles. The van der Waals surface area contributed by atoms with Crippen molar-refractivity contribution in [1.29, 1.82) is 0 Å². The van der Waals surface area contributed by atoms with E-state index in [-0.39, 0.29) is 0 Å². The Balaban J connectivity index is 2.02. The van der Waals surface area contributed by atoms with Gasteiger partial charge in [0.25, 0.3) is 5.24 Å². The van der Waals surface area contributed by atoms with Gasteiger partial charge < -0.3 is 4.90 Å². The molecule has 0 aromatic rings. The number of piperidine rings is 1. The Morgan fingerprint density at radius 3 is 2.76 bits per heavy atom. The third-order valence-electron chi connectivity index (χ3n) is 4.30. The normalized spacial score (nSPS) is 33.3. The molecule has 0 radical (unpaired) electrons. The van der Waals surface area contributed by atoms with Crippen LogP contribution in [0.5, 0.6) is 0 Å². The van der Waals surface area contributed by atoms with E-state index in [0.29, 0.717) is 17.3 Å². The molecule has 3 atom stereocenters. The predicted octanol–water partition coefficient (Wildman–Crippen LogP) is 4.29. The summed E-state index contributed by atoms with van der Waals surface area (Å²) in [6, 6.07) is 1.02. The summed E-state index contributed by atoms with van der Waals surface area (Å²) in [5, 5.41) is 0.343. The number of hydrogen-bond acceptors (Lipinski definition) is 2. The quantitative estimate of drug-likeness (QED) is 0.733. The summed E-state index contributed by atoms with van der Waals surface area (Å²) in [4.78, 5) is 14.5. The molecule has 2 rings (SSSR count). The number of likely N-dealkylation sites (tertiary alicyclic amines) is 1. The van der Waals surface area contributed by atoms with E-state index >= 15 is 0 Å². The number of hydrogen-bond donors (Lipinski definition) is 0. The summed E-state index contributed by atoms with van der Waals surface area (Å²) in [6.07, 6.45) is 8.92. The standard InChI is InChI=1S/C14H25NOS/c1-3-10-17-14(16)15-11(2)8-9-12-6-4-5-7-13(12)15/h11-13H,3-10H2,1-2H3. The minimum Gasteiger partial charge on any atom is -0.328 e. The molecule has 2 fully saturated rings. The zero-order chi connectivity index (χ0) is 12.3. The van der Waals surface area contributed by atoms with E-state index in [4.69, 9.17) is 0 Å². The van der Waals surface area contributed by atoms with Crippen LogP contribution in [0.15, 0.2) is 0 Å². The zero-order valence-corrected chi connectivity index (χ0v) is 12.0. The summed E-state index contributed by atoms with van der Waals surface area (Å²) < 4.78 is 0. The fourth-order valence-corrected chi connectivity index (χ4v) is 4.23. The van der Waals surface area contributed by atoms with E-state index in [1.54, 1.807) is 0 Å². The summed E-state index contributed by atoms with van der Waals surface area (Å²) in [7, 11) is 0. The number of fused-ring (bicyclic) bond motifs is 1. The van der Waals surface area contributed by atoms with Crippen LogP contribution >= 0.6 is 11.8 Å². The van der Waals surface area contributed by atoms with Gasteiger partial charge in [0.15, 0.2) is 0 Å². The lowest BCUT2D eigenvalue weighted by atomic mass is 9.77. The molecule has 98 valence electrons. The average Bonchev–Trinajstić information content (AvgIpc) is 2.35. The highest BCUT2D eigenvalue weighted by atomic mass is 32.2. The van der Waals surface area contributed by atoms with Gasteiger partial charge in [0.1, 0.15) is 0 Å². The minimum atomic E-state index is 0.343. The Hall–Kier alpha value is -0.180. The average molecular weight is 255 g/mol. The molecule has 2 nitrogen and oxygen atoms in total.